The number of aromatic nitrogens is 1. The summed E-state index contributed by atoms with van der Waals surface area (Å²) in [7, 11) is 0. The summed E-state index contributed by atoms with van der Waals surface area (Å²) in [4.78, 5) is 16.0. The van der Waals surface area contributed by atoms with E-state index in [1.54, 1.807) is 6.20 Å². The molecule has 1 aromatic heterocycles. The molecule has 104 valence electrons. The van der Waals surface area contributed by atoms with Crippen molar-refractivity contribution in [3.63, 3.8) is 0 Å². The summed E-state index contributed by atoms with van der Waals surface area (Å²) in [6.07, 6.45) is 1.71. The zero-order valence-corrected chi connectivity index (χ0v) is 12.8. The topological polar surface area (TPSA) is 54.0 Å². The number of nitrogens with zero attached hydrogens (tertiary/aromatic N) is 1. The average Bonchev–Trinajstić information content (AvgIpc) is 2.48. The number of pyridine rings is 1. The fourth-order valence-electron chi connectivity index (χ4n) is 1.69. The van der Waals surface area contributed by atoms with Crippen molar-refractivity contribution in [1.29, 1.82) is 0 Å². The molecule has 1 aromatic carbocycles. The Labute approximate surface area is 126 Å². The molecule has 5 heteroatoms. The van der Waals surface area contributed by atoms with E-state index in [-0.39, 0.29) is 12.5 Å². The van der Waals surface area contributed by atoms with Gasteiger partial charge < -0.3 is 10.6 Å². The van der Waals surface area contributed by atoms with Crippen LogP contribution in [-0.2, 0) is 11.3 Å². The summed E-state index contributed by atoms with van der Waals surface area (Å²) in [5, 5.41) is 5.88. The highest BCUT2D eigenvalue weighted by Crippen LogP contribution is 2.22. The molecule has 0 aliphatic carbocycles. The normalized spacial score (nSPS) is 10.1. The Bertz CT molecular complexity index is 587. The monoisotopic (exact) mass is 333 g/mol. The van der Waals surface area contributed by atoms with Gasteiger partial charge in [-0.15, -0.1) is 0 Å². The molecule has 0 saturated carbocycles. The highest BCUT2D eigenvalue weighted by atomic mass is 79.9. The lowest BCUT2D eigenvalue weighted by atomic mass is 10.2. The van der Waals surface area contributed by atoms with Gasteiger partial charge in [0.05, 0.1) is 11.0 Å². The highest BCUT2D eigenvalue weighted by molar-refractivity contribution is 9.10. The van der Waals surface area contributed by atoms with E-state index in [0.29, 0.717) is 12.4 Å². The molecule has 2 rings (SSSR count). The van der Waals surface area contributed by atoms with Crippen molar-refractivity contribution >= 4 is 27.7 Å². The molecule has 1 heterocycles. The molecule has 0 aliphatic rings. The summed E-state index contributed by atoms with van der Waals surface area (Å²) < 4.78 is 0.885. The fraction of sp³-hybridized carbons (Fsp3) is 0.200. The molecule has 2 aromatic rings. The predicted octanol–water partition coefficient (Wildman–Crippen LogP) is 2.88. The molecule has 0 unspecified atom stereocenters. The minimum absolute atomic E-state index is 0.0657. The Morgan fingerprint density at radius 2 is 2.00 bits per heavy atom. The van der Waals surface area contributed by atoms with Crippen molar-refractivity contribution in [1.82, 2.24) is 10.3 Å². The molecular formula is C15H16BrN3O. The minimum atomic E-state index is -0.0657. The zero-order valence-electron chi connectivity index (χ0n) is 11.2. The van der Waals surface area contributed by atoms with E-state index >= 15 is 0 Å². The lowest BCUT2D eigenvalue weighted by Crippen LogP contribution is -2.29. The molecule has 0 spiro atoms. The summed E-state index contributed by atoms with van der Waals surface area (Å²) in [6, 6.07) is 11.7. The largest absolute Gasteiger partial charge is 0.360 e. The third-order valence-electron chi connectivity index (χ3n) is 2.83. The van der Waals surface area contributed by atoms with E-state index in [1.807, 2.05) is 43.3 Å². The van der Waals surface area contributed by atoms with Gasteiger partial charge in [0.15, 0.2) is 0 Å². The number of rotatable bonds is 5. The molecule has 4 nitrogen and oxygen atoms in total. The van der Waals surface area contributed by atoms with Gasteiger partial charge in [0.25, 0.3) is 0 Å². The number of aryl methyl sites for hydroxylation is 1. The van der Waals surface area contributed by atoms with Crippen LogP contribution >= 0.6 is 15.9 Å². The first-order valence-electron chi connectivity index (χ1n) is 6.32. The predicted molar refractivity (Wildman–Crippen MR) is 83.5 cm³/mol. The highest BCUT2D eigenvalue weighted by Gasteiger charge is 2.06. The molecule has 1 amide bonds. The first-order chi connectivity index (χ1) is 9.66. The molecule has 0 saturated heterocycles. The second kappa shape index (κ2) is 7.05. The second-order valence-electron chi connectivity index (χ2n) is 4.41. The van der Waals surface area contributed by atoms with Crippen molar-refractivity contribution in [2.24, 2.45) is 0 Å². The van der Waals surface area contributed by atoms with E-state index in [4.69, 9.17) is 0 Å². The SMILES string of the molecule is Cc1ccnc(NCC(=O)NCc2ccccc2)c1Br. The summed E-state index contributed by atoms with van der Waals surface area (Å²) >= 11 is 3.45. The van der Waals surface area contributed by atoms with Gasteiger partial charge in [0.1, 0.15) is 5.82 Å². The van der Waals surface area contributed by atoms with Crippen LogP contribution in [-0.4, -0.2) is 17.4 Å². The number of nitrogens with one attached hydrogen (secondary N) is 2. The van der Waals surface area contributed by atoms with E-state index < -0.39 is 0 Å². The zero-order chi connectivity index (χ0) is 14.4. The summed E-state index contributed by atoms with van der Waals surface area (Å²) in [6.45, 7) is 2.71. The Hall–Kier alpha value is -1.88. The van der Waals surface area contributed by atoms with E-state index in [9.17, 15) is 4.79 Å². The standard InChI is InChI=1S/C15H16BrN3O/c1-11-7-8-17-15(14(11)16)19-10-13(20)18-9-12-5-3-2-4-6-12/h2-8H,9-10H2,1H3,(H,17,19)(H,18,20). The number of benzene rings is 1. The minimum Gasteiger partial charge on any atom is -0.360 e. The van der Waals surface area contributed by atoms with Crippen LogP contribution in [0.2, 0.25) is 0 Å². The first kappa shape index (κ1) is 14.5. The lowest BCUT2D eigenvalue weighted by Gasteiger charge is -2.09. The van der Waals surface area contributed by atoms with E-state index in [1.165, 1.54) is 0 Å². The first-order valence-corrected chi connectivity index (χ1v) is 7.11. The number of carbonyl (C=O) groups excluding carboxylic acids is 1. The van der Waals surface area contributed by atoms with Crippen LogP contribution < -0.4 is 10.6 Å². The van der Waals surface area contributed by atoms with Crippen molar-refractivity contribution < 1.29 is 4.79 Å². The van der Waals surface area contributed by atoms with Crippen LogP contribution in [0, 0.1) is 6.92 Å². The van der Waals surface area contributed by atoms with Crippen molar-refractivity contribution in [2.75, 3.05) is 11.9 Å². The van der Waals surface area contributed by atoms with Gasteiger partial charge in [-0.25, -0.2) is 4.98 Å². The van der Waals surface area contributed by atoms with Crippen LogP contribution in [0.1, 0.15) is 11.1 Å². The molecule has 20 heavy (non-hydrogen) atoms. The van der Waals surface area contributed by atoms with Crippen LogP contribution in [0.4, 0.5) is 5.82 Å². The molecule has 0 fully saturated rings. The number of carbonyl (C=O) groups is 1. The number of anilines is 1. The molecule has 0 atom stereocenters. The number of hydrogen-bond donors (Lipinski definition) is 2. The Morgan fingerprint density at radius 3 is 2.75 bits per heavy atom. The quantitative estimate of drug-likeness (QED) is 0.884. The van der Waals surface area contributed by atoms with E-state index in [0.717, 1.165) is 15.6 Å². The van der Waals surface area contributed by atoms with Gasteiger partial charge in [0, 0.05) is 12.7 Å². The van der Waals surface area contributed by atoms with Crippen molar-refractivity contribution in [3.05, 3.63) is 58.2 Å². The second-order valence-corrected chi connectivity index (χ2v) is 5.20. The van der Waals surface area contributed by atoms with Crippen LogP contribution in [0.25, 0.3) is 0 Å². The fourth-order valence-corrected chi connectivity index (χ4v) is 2.06. The van der Waals surface area contributed by atoms with Gasteiger partial charge >= 0.3 is 0 Å². The molecule has 0 bridgehead atoms. The van der Waals surface area contributed by atoms with E-state index in [2.05, 4.69) is 31.5 Å². The maximum atomic E-state index is 11.8. The van der Waals surface area contributed by atoms with Crippen LogP contribution in [0.15, 0.2) is 47.1 Å². The van der Waals surface area contributed by atoms with Gasteiger partial charge in [-0.05, 0) is 40.0 Å². The molecule has 0 aliphatic heterocycles. The third-order valence-corrected chi connectivity index (χ3v) is 3.83. The summed E-state index contributed by atoms with van der Waals surface area (Å²) in [5.74, 6) is 0.615. The Morgan fingerprint density at radius 1 is 1.25 bits per heavy atom. The maximum Gasteiger partial charge on any atom is 0.239 e. The van der Waals surface area contributed by atoms with Gasteiger partial charge in [-0.3, -0.25) is 4.79 Å². The Kier molecular flexibility index (Phi) is 5.12. The van der Waals surface area contributed by atoms with Gasteiger partial charge in [-0.2, -0.15) is 0 Å². The lowest BCUT2D eigenvalue weighted by molar-refractivity contribution is -0.119. The Balaban J connectivity index is 1.82. The smallest absolute Gasteiger partial charge is 0.239 e. The number of halogens is 1. The molecule has 2 N–H and O–H groups in total. The molecular weight excluding hydrogens is 318 g/mol. The number of amides is 1. The van der Waals surface area contributed by atoms with Crippen LogP contribution in [0.3, 0.4) is 0 Å². The third kappa shape index (κ3) is 4.06. The number of hydrogen-bond acceptors (Lipinski definition) is 3. The van der Waals surface area contributed by atoms with Gasteiger partial charge in [-0.1, -0.05) is 30.3 Å². The summed E-state index contributed by atoms with van der Waals surface area (Å²) in [5.41, 5.74) is 2.16. The van der Waals surface area contributed by atoms with Gasteiger partial charge in [0.2, 0.25) is 5.91 Å². The molecule has 0 radical (unpaired) electrons. The average molecular weight is 334 g/mol. The maximum absolute atomic E-state index is 11.8. The van der Waals surface area contributed by atoms with Crippen LogP contribution in [0.5, 0.6) is 0 Å². The van der Waals surface area contributed by atoms with Crippen molar-refractivity contribution in [3.8, 4) is 0 Å². The van der Waals surface area contributed by atoms with Crippen molar-refractivity contribution in [2.45, 2.75) is 13.5 Å².